The number of carbonyl (C=O) groups is 1. The molecule has 0 unspecified atom stereocenters. The highest BCUT2D eigenvalue weighted by Gasteiger charge is 2.21. The number of ether oxygens (including phenoxy) is 1. The maximum atomic E-state index is 12.2. The fraction of sp³-hybridized carbons (Fsp3) is 0.278. The van der Waals surface area contributed by atoms with E-state index in [1.54, 1.807) is 18.2 Å². The van der Waals surface area contributed by atoms with Crippen LogP contribution in [0.1, 0.15) is 12.5 Å². The van der Waals surface area contributed by atoms with Gasteiger partial charge in [-0.25, -0.2) is 8.42 Å². The van der Waals surface area contributed by atoms with Crippen LogP contribution < -0.4 is 14.8 Å². The number of aryl methyl sites for hydroxylation is 1. The van der Waals surface area contributed by atoms with Gasteiger partial charge in [-0.15, -0.1) is 0 Å². The normalized spacial score (nSPS) is 12.4. The van der Waals surface area contributed by atoms with Gasteiger partial charge in [0.15, 0.2) is 0 Å². The topological polar surface area (TPSA) is 84.5 Å². The van der Waals surface area contributed by atoms with Crippen LogP contribution in [0, 0.1) is 6.92 Å². The zero-order valence-electron chi connectivity index (χ0n) is 14.2. The number of hydrogen-bond donors (Lipinski definition) is 2. The molecule has 0 radical (unpaired) electrons. The number of benzene rings is 2. The summed E-state index contributed by atoms with van der Waals surface area (Å²) in [5.74, 6) is 0.310. The highest BCUT2D eigenvalue weighted by Crippen LogP contribution is 2.11. The predicted molar refractivity (Wildman–Crippen MR) is 95.9 cm³/mol. The van der Waals surface area contributed by atoms with Crippen molar-refractivity contribution < 1.29 is 17.9 Å². The summed E-state index contributed by atoms with van der Waals surface area (Å²) < 4.78 is 32.2. The third kappa shape index (κ3) is 5.88. The second-order valence-electron chi connectivity index (χ2n) is 5.61. The molecule has 1 amide bonds. The van der Waals surface area contributed by atoms with Crippen molar-refractivity contribution in [3.63, 3.8) is 0 Å². The quantitative estimate of drug-likeness (QED) is 0.702. The first-order chi connectivity index (χ1) is 11.9. The molecule has 0 heterocycles. The van der Waals surface area contributed by atoms with Crippen molar-refractivity contribution >= 4 is 15.9 Å². The lowest BCUT2D eigenvalue weighted by Gasteiger charge is -2.14. The van der Waals surface area contributed by atoms with E-state index in [1.165, 1.54) is 19.1 Å². The van der Waals surface area contributed by atoms with Gasteiger partial charge in [-0.2, -0.15) is 4.72 Å². The molecule has 0 saturated heterocycles. The number of amides is 1. The van der Waals surface area contributed by atoms with E-state index >= 15 is 0 Å². The Hall–Kier alpha value is -2.38. The Kier molecular flexibility index (Phi) is 6.55. The van der Waals surface area contributed by atoms with Gasteiger partial charge in [0.2, 0.25) is 15.9 Å². The maximum Gasteiger partial charge on any atom is 0.241 e. The summed E-state index contributed by atoms with van der Waals surface area (Å²) >= 11 is 0. The van der Waals surface area contributed by atoms with Gasteiger partial charge in [0, 0.05) is 0 Å². The molecule has 0 aliphatic heterocycles. The molecule has 2 aromatic rings. The molecule has 1 atom stereocenters. The van der Waals surface area contributed by atoms with Crippen molar-refractivity contribution in [1.29, 1.82) is 0 Å². The van der Waals surface area contributed by atoms with Crippen LogP contribution in [0.15, 0.2) is 59.5 Å². The minimum absolute atomic E-state index is 0.123. The maximum absolute atomic E-state index is 12.2. The fourth-order valence-electron chi connectivity index (χ4n) is 2.08. The Bertz CT molecular complexity index is 790. The van der Waals surface area contributed by atoms with Gasteiger partial charge in [-0.3, -0.25) is 4.79 Å². The Balaban J connectivity index is 1.77. The first-order valence-corrected chi connectivity index (χ1v) is 9.41. The van der Waals surface area contributed by atoms with E-state index in [0.717, 1.165) is 11.3 Å². The second kappa shape index (κ2) is 8.64. The lowest BCUT2D eigenvalue weighted by atomic mass is 10.2. The summed E-state index contributed by atoms with van der Waals surface area (Å²) in [6.45, 7) is 4.07. The van der Waals surface area contributed by atoms with Crippen LogP contribution in [-0.4, -0.2) is 33.5 Å². The molecular weight excluding hydrogens is 340 g/mol. The minimum atomic E-state index is -3.72. The highest BCUT2D eigenvalue weighted by molar-refractivity contribution is 7.89. The zero-order chi connectivity index (χ0) is 18.3. The van der Waals surface area contributed by atoms with Crippen molar-refractivity contribution in [2.24, 2.45) is 0 Å². The summed E-state index contributed by atoms with van der Waals surface area (Å²) in [5.41, 5.74) is 1.14. The molecule has 0 aliphatic carbocycles. The monoisotopic (exact) mass is 362 g/mol. The number of carbonyl (C=O) groups excluding carboxylic acids is 1. The molecule has 0 saturated carbocycles. The van der Waals surface area contributed by atoms with Gasteiger partial charge >= 0.3 is 0 Å². The largest absolute Gasteiger partial charge is 0.492 e. The molecule has 2 aromatic carbocycles. The van der Waals surface area contributed by atoms with Gasteiger partial charge < -0.3 is 10.1 Å². The molecule has 0 spiro atoms. The Labute approximate surface area is 148 Å². The molecule has 0 aromatic heterocycles. The van der Waals surface area contributed by atoms with Crippen LogP contribution in [0.3, 0.4) is 0 Å². The molecule has 6 nitrogen and oxygen atoms in total. The predicted octanol–water partition coefficient (Wildman–Crippen LogP) is 1.86. The molecule has 0 aliphatic rings. The van der Waals surface area contributed by atoms with E-state index in [9.17, 15) is 13.2 Å². The fourth-order valence-corrected chi connectivity index (χ4v) is 3.31. The third-order valence-corrected chi connectivity index (χ3v) is 5.03. The molecule has 134 valence electrons. The minimum Gasteiger partial charge on any atom is -0.492 e. The number of hydrogen-bond acceptors (Lipinski definition) is 4. The Morgan fingerprint density at radius 2 is 1.72 bits per heavy atom. The van der Waals surface area contributed by atoms with E-state index in [0.29, 0.717) is 6.61 Å². The summed E-state index contributed by atoms with van der Waals surface area (Å²) in [6.07, 6.45) is 0. The van der Waals surface area contributed by atoms with Crippen molar-refractivity contribution in [3.05, 3.63) is 60.2 Å². The molecule has 25 heavy (non-hydrogen) atoms. The summed E-state index contributed by atoms with van der Waals surface area (Å²) in [5, 5.41) is 2.65. The number of rotatable bonds is 8. The van der Waals surface area contributed by atoms with Crippen LogP contribution in [0.2, 0.25) is 0 Å². The first kappa shape index (κ1) is 19.0. The van der Waals surface area contributed by atoms with Crippen molar-refractivity contribution in [3.8, 4) is 5.75 Å². The molecule has 2 rings (SSSR count). The zero-order valence-corrected chi connectivity index (χ0v) is 15.0. The van der Waals surface area contributed by atoms with Crippen molar-refractivity contribution in [1.82, 2.24) is 10.0 Å². The van der Waals surface area contributed by atoms with Gasteiger partial charge in [0.1, 0.15) is 12.4 Å². The first-order valence-electron chi connectivity index (χ1n) is 7.93. The molecular formula is C18H22N2O4S. The second-order valence-corrected chi connectivity index (χ2v) is 7.32. The molecule has 2 N–H and O–H groups in total. The Morgan fingerprint density at radius 3 is 2.36 bits per heavy atom. The van der Waals surface area contributed by atoms with Crippen molar-refractivity contribution in [2.45, 2.75) is 24.8 Å². The smallest absolute Gasteiger partial charge is 0.241 e. The van der Waals surface area contributed by atoms with Gasteiger partial charge in [0.05, 0.1) is 17.5 Å². The molecule has 0 bridgehead atoms. The summed E-state index contributed by atoms with van der Waals surface area (Å²) in [4.78, 5) is 12.1. The lowest BCUT2D eigenvalue weighted by Crippen LogP contribution is -2.45. The Morgan fingerprint density at radius 1 is 1.08 bits per heavy atom. The van der Waals surface area contributed by atoms with Gasteiger partial charge in [-0.1, -0.05) is 35.9 Å². The number of sulfonamides is 1. The van der Waals surface area contributed by atoms with E-state index in [4.69, 9.17) is 4.74 Å². The van der Waals surface area contributed by atoms with Gasteiger partial charge in [-0.05, 0) is 38.1 Å². The SMILES string of the molecule is Cc1ccc(OCCNC(=O)[C@@H](C)NS(=O)(=O)c2ccccc2)cc1. The molecule has 7 heteroatoms. The van der Waals surface area contributed by atoms with Crippen LogP contribution in [0.25, 0.3) is 0 Å². The third-order valence-electron chi connectivity index (χ3n) is 3.47. The molecule has 0 fully saturated rings. The van der Waals surface area contributed by atoms with Crippen LogP contribution >= 0.6 is 0 Å². The highest BCUT2D eigenvalue weighted by atomic mass is 32.2. The van der Waals surface area contributed by atoms with E-state index in [-0.39, 0.29) is 11.4 Å². The summed E-state index contributed by atoms with van der Waals surface area (Å²) in [7, 11) is -3.72. The van der Waals surface area contributed by atoms with Crippen molar-refractivity contribution in [2.75, 3.05) is 13.2 Å². The summed E-state index contributed by atoms with van der Waals surface area (Å²) in [6, 6.07) is 14.6. The number of nitrogens with one attached hydrogen (secondary N) is 2. The van der Waals surface area contributed by atoms with Crippen LogP contribution in [0.4, 0.5) is 0 Å². The van der Waals surface area contributed by atoms with Crippen LogP contribution in [-0.2, 0) is 14.8 Å². The van der Waals surface area contributed by atoms with Gasteiger partial charge in [0.25, 0.3) is 0 Å². The van der Waals surface area contributed by atoms with E-state index < -0.39 is 22.0 Å². The lowest BCUT2D eigenvalue weighted by molar-refractivity contribution is -0.122. The van der Waals surface area contributed by atoms with E-state index in [1.807, 2.05) is 31.2 Å². The standard InChI is InChI=1S/C18H22N2O4S/c1-14-8-10-16(11-9-14)24-13-12-19-18(21)15(2)20-25(22,23)17-6-4-3-5-7-17/h3-11,15,20H,12-13H2,1-2H3,(H,19,21)/t15-/m1/s1. The van der Waals surface area contributed by atoms with Crippen LogP contribution in [0.5, 0.6) is 5.75 Å². The average molecular weight is 362 g/mol. The van der Waals surface area contributed by atoms with E-state index in [2.05, 4.69) is 10.0 Å². The average Bonchev–Trinajstić information content (AvgIpc) is 2.60.